The molecule has 0 amide bonds. The topological polar surface area (TPSA) is 81.5 Å². The van der Waals surface area contributed by atoms with E-state index in [9.17, 15) is 14.9 Å². The third kappa shape index (κ3) is 3.19. The number of anilines is 1. The van der Waals surface area contributed by atoms with Crippen molar-refractivity contribution in [2.45, 2.75) is 26.8 Å². The molecule has 1 aromatic carbocycles. The molecular formula is C12H16N2O4. The molecule has 1 rings (SSSR count). The van der Waals surface area contributed by atoms with Crippen LogP contribution in [-0.2, 0) is 9.53 Å². The Labute approximate surface area is 105 Å². The average Bonchev–Trinajstić information content (AvgIpc) is 2.28. The van der Waals surface area contributed by atoms with Gasteiger partial charge in [-0.25, -0.2) is 4.79 Å². The van der Waals surface area contributed by atoms with Crippen molar-refractivity contribution in [1.29, 1.82) is 0 Å². The third-order valence-electron chi connectivity index (χ3n) is 2.43. The van der Waals surface area contributed by atoms with Gasteiger partial charge in [-0.1, -0.05) is 12.1 Å². The van der Waals surface area contributed by atoms with Crippen LogP contribution in [0.1, 0.15) is 19.4 Å². The van der Waals surface area contributed by atoms with Crippen LogP contribution in [0.3, 0.4) is 0 Å². The van der Waals surface area contributed by atoms with Crippen molar-refractivity contribution in [3.05, 3.63) is 33.9 Å². The lowest BCUT2D eigenvalue weighted by Gasteiger charge is -2.14. The van der Waals surface area contributed by atoms with E-state index >= 15 is 0 Å². The first kappa shape index (κ1) is 14.0. The monoisotopic (exact) mass is 252 g/mol. The predicted molar refractivity (Wildman–Crippen MR) is 67.6 cm³/mol. The molecule has 0 radical (unpaired) electrons. The summed E-state index contributed by atoms with van der Waals surface area (Å²) in [5, 5.41) is 13.8. The van der Waals surface area contributed by atoms with E-state index in [0.29, 0.717) is 11.3 Å². The van der Waals surface area contributed by atoms with Gasteiger partial charge in [0, 0.05) is 5.56 Å². The summed E-state index contributed by atoms with van der Waals surface area (Å²) in [5.41, 5.74) is 0.843. The Morgan fingerprint density at radius 2 is 2.22 bits per heavy atom. The molecule has 98 valence electrons. The van der Waals surface area contributed by atoms with E-state index in [2.05, 4.69) is 5.32 Å². The van der Waals surface area contributed by atoms with Crippen LogP contribution in [0.25, 0.3) is 0 Å². The molecule has 0 fully saturated rings. The van der Waals surface area contributed by atoms with Crippen molar-refractivity contribution in [2.24, 2.45) is 0 Å². The fourth-order valence-electron chi connectivity index (χ4n) is 1.58. The van der Waals surface area contributed by atoms with Crippen LogP contribution in [-0.4, -0.2) is 23.5 Å². The number of nitrogens with one attached hydrogen (secondary N) is 1. The van der Waals surface area contributed by atoms with Crippen LogP contribution in [0.5, 0.6) is 0 Å². The Morgan fingerprint density at radius 1 is 1.56 bits per heavy atom. The van der Waals surface area contributed by atoms with Gasteiger partial charge in [0.2, 0.25) is 0 Å². The number of carbonyl (C=O) groups excluding carboxylic acids is 1. The van der Waals surface area contributed by atoms with E-state index < -0.39 is 16.9 Å². The number of esters is 1. The summed E-state index contributed by atoms with van der Waals surface area (Å²) in [6, 6.07) is 4.28. The summed E-state index contributed by atoms with van der Waals surface area (Å²) in [6.07, 6.45) is 0. The van der Waals surface area contributed by atoms with Crippen molar-refractivity contribution in [2.75, 3.05) is 11.9 Å². The van der Waals surface area contributed by atoms with Crippen molar-refractivity contribution >= 4 is 17.3 Å². The van der Waals surface area contributed by atoms with Crippen LogP contribution in [0.2, 0.25) is 0 Å². The molecule has 0 spiro atoms. The molecule has 1 atom stereocenters. The highest BCUT2D eigenvalue weighted by molar-refractivity contribution is 5.80. The number of nitro benzene ring substituents is 1. The van der Waals surface area contributed by atoms with Crippen molar-refractivity contribution in [3.63, 3.8) is 0 Å². The maximum Gasteiger partial charge on any atom is 0.328 e. The quantitative estimate of drug-likeness (QED) is 0.494. The first-order chi connectivity index (χ1) is 8.47. The lowest BCUT2D eigenvalue weighted by Crippen LogP contribution is -2.28. The molecule has 0 aliphatic rings. The summed E-state index contributed by atoms with van der Waals surface area (Å²) >= 11 is 0. The highest BCUT2D eigenvalue weighted by Gasteiger charge is 2.21. The van der Waals surface area contributed by atoms with Gasteiger partial charge in [-0.05, 0) is 26.8 Å². The van der Waals surface area contributed by atoms with E-state index in [-0.39, 0.29) is 12.3 Å². The number of nitrogens with zero attached hydrogens (tertiary/aromatic N) is 1. The molecule has 0 aliphatic carbocycles. The molecule has 6 heteroatoms. The Balaban J connectivity index is 2.94. The second-order valence-electron chi connectivity index (χ2n) is 3.85. The highest BCUT2D eigenvalue weighted by atomic mass is 16.6. The number of aryl methyl sites for hydroxylation is 1. The Bertz CT molecular complexity index is 459. The summed E-state index contributed by atoms with van der Waals surface area (Å²) < 4.78 is 4.84. The number of nitro groups is 1. The molecule has 0 aromatic heterocycles. The summed E-state index contributed by atoms with van der Waals surface area (Å²) in [7, 11) is 0. The third-order valence-corrected chi connectivity index (χ3v) is 2.43. The predicted octanol–water partition coefficient (Wildman–Crippen LogP) is 2.27. The molecule has 0 bridgehead atoms. The van der Waals surface area contributed by atoms with Crippen molar-refractivity contribution in [1.82, 2.24) is 0 Å². The van der Waals surface area contributed by atoms with Gasteiger partial charge in [0.25, 0.3) is 5.69 Å². The maximum atomic E-state index is 11.5. The first-order valence-electron chi connectivity index (χ1n) is 5.64. The molecule has 1 aromatic rings. The van der Waals surface area contributed by atoms with E-state index in [1.165, 1.54) is 0 Å². The van der Waals surface area contributed by atoms with Crippen LogP contribution < -0.4 is 5.32 Å². The Hall–Kier alpha value is -2.11. The van der Waals surface area contributed by atoms with Crippen LogP contribution in [0, 0.1) is 17.0 Å². The SMILES string of the molecule is CCOC(=O)C(C)Nc1cccc(C)c1[N+](=O)[O-]. The van der Waals surface area contributed by atoms with E-state index in [0.717, 1.165) is 0 Å². The first-order valence-corrected chi connectivity index (χ1v) is 5.64. The minimum atomic E-state index is -0.634. The van der Waals surface area contributed by atoms with Crippen molar-refractivity contribution < 1.29 is 14.5 Å². The standard InChI is InChI=1S/C12H16N2O4/c1-4-18-12(15)9(3)13-10-7-5-6-8(2)11(10)14(16)17/h5-7,9,13H,4H2,1-3H3. The zero-order chi connectivity index (χ0) is 13.7. The van der Waals surface area contributed by atoms with Crippen molar-refractivity contribution in [3.8, 4) is 0 Å². The second-order valence-corrected chi connectivity index (χ2v) is 3.85. The molecule has 0 saturated heterocycles. The van der Waals surface area contributed by atoms with Crippen LogP contribution in [0.15, 0.2) is 18.2 Å². The van der Waals surface area contributed by atoms with E-state index in [1.807, 2.05) is 0 Å². The largest absolute Gasteiger partial charge is 0.464 e. The van der Waals surface area contributed by atoms with Gasteiger partial charge in [0.1, 0.15) is 11.7 Å². The zero-order valence-electron chi connectivity index (χ0n) is 10.6. The summed E-state index contributed by atoms with van der Waals surface area (Å²) in [4.78, 5) is 22.0. The number of hydrogen-bond donors (Lipinski definition) is 1. The second kappa shape index (κ2) is 6.00. The minimum absolute atomic E-state index is 0.0198. The average molecular weight is 252 g/mol. The molecule has 0 aliphatic heterocycles. The summed E-state index contributed by atoms with van der Waals surface area (Å²) in [5.74, 6) is -0.437. The fourth-order valence-corrected chi connectivity index (χ4v) is 1.58. The zero-order valence-corrected chi connectivity index (χ0v) is 10.6. The Kier molecular flexibility index (Phi) is 4.65. The molecule has 18 heavy (non-hydrogen) atoms. The van der Waals surface area contributed by atoms with Gasteiger partial charge < -0.3 is 10.1 Å². The van der Waals surface area contributed by atoms with Crippen LogP contribution >= 0.6 is 0 Å². The number of carbonyl (C=O) groups is 1. The number of para-hydroxylation sites is 1. The van der Waals surface area contributed by atoms with E-state index in [1.54, 1.807) is 39.0 Å². The number of ether oxygens (including phenoxy) is 1. The lowest BCUT2D eigenvalue weighted by molar-refractivity contribution is -0.384. The normalized spacial score (nSPS) is 11.7. The highest BCUT2D eigenvalue weighted by Crippen LogP contribution is 2.28. The van der Waals surface area contributed by atoms with Gasteiger partial charge in [0.05, 0.1) is 11.5 Å². The van der Waals surface area contributed by atoms with Gasteiger partial charge in [0.15, 0.2) is 0 Å². The molecular weight excluding hydrogens is 236 g/mol. The van der Waals surface area contributed by atoms with Gasteiger partial charge in [-0.2, -0.15) is 0 Å². The fraction of sp³-hybridized carbons (Fsp3) is 0.417. The number of rotatable bonds is 5. The molecule has 0 saturated carbocycles. The molecule has 1 unspecified atom stereocenters. The molecule has 0 heterocycles. The lowest BCUT2D eigenvalue weighted by atomic mass is 10.1. The van der Waals surface area contributed by atoms with E-state index in [4.69, 9.17) is 4.74 Å². The molecule has 6 nitrogen and oxygen atoms in total. The number of hydrogen-bond acceptors (Lipinski definition) is 5. The van der Waals surface area contributed by atoms with Gasteiger partial charge in [-0.3, -0.25) is 10.1 Å². The smallest absolute Gasteiger partial charge is 0.328 e. The van der Waals surface area contributed by atoms with Crippen LogP contribution in [0.4, 0.5) is 11.4 Å². The molecule has 1 N–H and O–H groups in total. The minimum Gasteiger partial charge on any atom is -0.464 e. The maximum absolute atomic E-state index is 11.5. The Morgan fingerprint density at radius 3 is 2.78 bits per heavy atom. The van der Waals surface area contributed by atoms with Gasteiger partial charge in [-0.15, -0.1) is 0 Å². The summed E-state index contributed by atoms with van der Waals surface area (Å²) in [6.45, 7) is 5.24. The van der Waals surface area contributed by atoms with Gasteiger partial charge >= 0.3 is 5.97 Å². The number of benzene rings is 1.